The van der Waals surface area contributed by atoms with Crippen LogP contribution in [0.1, 0.15) is 56.1 Å². The molecule has 0 radical (unpaired) electrons. The van der Waals surface area contributed by atoms with E-state index in [0.29, 0.717) is 19.3 Å². The molecule has 1 spiro atoms. The molecule has 3 unspecified atom stereocenters. The Bertz CT molecular complexity index is 1250. The zero-order valence-corrected chi connectivity index (χ0v) is 24.3. The number of allylic oxidation sites excluding steroid dienone is 1. The molecule has 1 aliphatic heterocycles. The third kappa shape index (κ3) is 9.95. The summed E-state index contributed by atoms with van der Waals surface area (Å²) in [5, 5.41) is 18.4. The summed E-state index contributed by atoms with van der Waals surface area (Å²) in [7, 11) is 0. The maximum Gasteiger partial charge on any atom is 0.408 e. The number of hydrogen-bond acceptors (Lipinski definition) is 7. The molecule has 2 aromatic rings. The highest BCUT2D eigenvalue weighted by Gasteiger charge is 2.39. The van der Waals surface area contributed by atoms with Gasteiger partial charge in [-0.25, -0.2) is 9.59 Å². The van der Waals surface area contributed by atoms with Crippen LogP contribution < -0.4 is 16.0 Å². The maximum atomic E-state index is 13.5. The van der Waals surface area contributed by atoms with Crippen molar-refractivity contribution in [3.63, 3.8) is 0 Å². The summed E-state index contributed by atoms with van der Waals surface area (Å²) in [6.45, 7) is -0.194. The van der Waals surface area contributed by atoms with Crippen LogP contribution in [0.4, 0.5) is 4.79 Å². The van der Waals surface area contributed by atoms with Crippen LogP contribution in [0.3, 0.4) is 0 Å². The van der Waals surface area contributed by atoms with E-state index in [9.17, 15) is 24.3 Å². The fraction of sp³-hybridized carbons (Fsp3) is 0.455. The molecule has 1 aliphatic carbocycles. The first-order chi connectivity index (χ1) is 20.9. The topological polar surface area (TPSA) is 143 Å². The number of carbonyl (C=O) groups excluding carboxylic acids is 4. The second kappa shape index (κ2) is 15.9. The van der Waals surface area contributed by atoms with Gasteiger partial charge in [0.2, 0.25) is 11.8 Å². The first-order valence-electron chi connectivity index (χ1n) is 14.9. The van der Waals surface area contributed by atoms with Crippen LogP contribution in [0, 0.1) is 5.92 Å². The minimum atomic E-state index is -0.974. The largest absolute Gasteiger partial charge is 0.462 e. The second-order valence-corrected chi connectivity index (χ2v) is 11.3. The van der Waals surface area contributed by atoms with Crippen molar-refractivity contribution < 1.29 is 33.8 Å². The Hall–Kier alpha value is -4.18. The lowest BCUT2D eigenvalue weighted by atomic mass is 9.93. The molecule has 1 heterocycles. The predicted octanol–water partition coefficient (Wildman–Crippen LogP) is 3.33. The van der Waals surface area contributed by atoms with Gasteiger partial charge in [-0.15, -0.1) is 0 Å². The van der Waals surface area contributed by atoms with Gasteiger partial charge in [-0.1, -0.05) is 85.7 Å². The van der Waals surface area contributed by atoms with Crippen LogP contribution in [-0.4, -0.2) is 59.8 Å². The van der Waals surface area contributed by atoms with E-state index in [0.717, 1.165) is 24.0 Å². The van der Waals surface area contributed by atoms with Crippen LogP contribution in [-0.2, 0) is 36.9 Å². The number of esters is 1. The van der Waals surface area contributed by atoms with Crippen molar-refractivity contribution in [2.24, 2.45) is 5.92 Å². The first-order valence-corrected chi connectivity index (χ1v) is 14.9. The van der Waals surface area contributed by atoms with Gasteiger partial charge >= 0.3 is 12.1 Å². The van der Waals surface area contributed by atoms with Gasteiger partial charge in [-0.05, 0) is 43.2 Å². The summed E-state index contributed by atoms with van der Waals surface area (Å²) >= 11 is 0. The fourth-order valence-electron chi connectivity index (χ4n) is 5.50. The highest BCUT2D eigenvalue weighted by Crippen LogP contribution is 2.31. The average molecular weight is 592 g/mol. The molecule has 3 amide bonds. The molecule has 10 heteroatoms. The number of carbonyl (C=O) groups is 4. The number of aliphatic hydroxyl groups excluding tert-OH is 1. The van der Waals surface area contributed by atoms with Crippen LogP contribution in [0.15, 0.2) is 72.8 Å². The van der Waals surface area contributed by atoms with Crippen molar-refractivity contribution in [3.8, 4) is 0 Å². The number of amides is 3. The number of rotatable bonds is 9. The van der Waals surface area contributed by atoms with Crippen molar-refractivity contribution in [2.45, 2.75) is 75.6 Å². The molecular weight excluding hydrogens is 550 g/mol. The van der Waals surface area contributed by atoms with Gasteiger partial charge in [0.15, 0.2) is 0 Å². The number of ether oxygens (including phenoxy) is 2. The fourth-order valence-corrected chi connectivity index (χ4v) is 5.50. The monoisotopic (exact) mass is 591 g/mol. The zero-order valence-electron chi connectivity index (χ0n) is 24.3. The summed E-state index contributed by atoms with van der Waals surface area (Å²) in [4.78, 5) is 52.0. The van der Waals surface area contributed by atoms with Crippen molar-refractivity contribution in [2.75, 3.05) is 13.2 Å². The van der Waals surface area contributed by atoms with Gasteiger partial charge in [0, 0.05) is 6.42 Å². The Balaban J connectivity index is 1.41. The van der Waals surface area contributed by atoms with Crippen LogP contribution in [0.25, 0.3) is 0 Å². The number of benzene rings is 2. The normalized spacial score (nSPS) is 21.0. The highest BCUT2D eigenvalue weighted by atomic mass is 16.6. The van der Waals surface area contributed by atoms with Gasteiger partial charge in [0.25, 0.3) is 0 Å². The lowest BCUT2D eigenvalue weighted by Crippen LogP contribution is -2.53. The molecule has 4 N–H and O–H groups in total. The standard InChI is InChI=1S/C33H41N3O7/c37-21-27(19-24-11-3-1-4-12-24)34-29(38)20-26-15-7-8-16-28(35-32(41)42-22-25-13-5-2-6-14-25)31(40)43-23-33(36-30(26)39)17-9-10-18-33/h1-8,11-14,26-28,37H,9-10,15-23H2,(H,34,38)(H,35,41)(H,36,39). The molecule has 0 bridgehead atoms. The van der Waals surface area contributed by atoms with Gasteiger partial charge < -0.3 is 30.5 Å². The van der Waals surface area contributed by atoms with E-state index < -0.39 is 35.6 Å². The number of cyclic esters (lactones) is 1. The highest BCUT2D eigenvalue weighted by molar-refractivity contribution is 5.86. The summed E-state index contributed by atoms with van der Waals surface area (Å²) < 4.78 is 10.9. The third-order valence-electron chi connectivity index (χ3n) is 7.90. The molecule has 1 fully saturated rings. The van der Waals surface area contributed by atoms with E-state index in [4.69, 9.17) is 9.47 Å². The van der Waals surface area contributed by atoms with Gasteiger partial charge in [-0.2, -0.15) is 0 Å². The molecular formula is C33H41N3O7. The van der Waals surface area contributed by atoms with Gasteiger partial charge in [-0.3, -0.25) is 9.59 Å². The molecule has 2 aromatic carbocycles. The average Bonchev–Trinajstić information content (AvgIpc) is 3.48. The van der Waals surface area contributed by atoms with E-state index in [-0.39, 0.29) is 50.9 Å². The van der Waals surface area contributed by atoms with Gasteiger partial charge in [0.1, 0.15) is 19.3 Å². The molecule has 10 nitrogen and oxygen atoms in total. The summed E-state index contributed by atoms with van der Waals surface area (Å²) in [6.07, 6.45) is 6.52. The van der Waals surface area contributed by atoms with Crippen molar-refractivity contribution in [1.29, 1.82) is 0 Å². The SMILES string of the molecule is O=C(CC1CC=CCC(NC(=O)OCc2ccccc2)C(=O)OCC2(CCCC2)NC1=O)NC(CO)Cc1ccccc1. The van der Waals surface area contributed by atoms with E-state index in [2.05, 4.69) is 16.0 Å². The molecule has 0 saturated heterocycles. The zero-order chi connectivity index (χ0) is 30.5. The van der Waals surface area contributed by atoms with Crippen LogP contribution in [0.5, 0.6) is 0 Å². The lowest BCUT2D eigenvalue weighted by Gasteiger charge is -2.32. The Labute approximate surface area is 252 Å². The molecule has 4 rings (SSSR count). The Morgan fingerprint density at radius 3 is 2.30 bits per heavy atom. The van der Waals surface area contributed by atoms with E-state index in [1.807, 2.05) is 60.7 Å². The Kier molecular flexibility index (Phi) is 11.7. The summed E-state index contributed by atoms with van der Waals surface area (Å²) in [6, 6.07) is 17.3. The molecule has 3 atom stereocenters. The number of hydrogen-bond donors (Lipinski definition) is 4. The molecule has 43 heavy (non-hydrogen) atoms. The molecule has 2 aliphatic rings. The van der Waals surface area contributed by atoms with Crippen molar-refractivity contribution in [3.05, 3.63) is 83.9 Å². The van der Waals surface area contributed by atoms with Crippen LogP contribution >= 0.6 is 0 Å². The van der Waals surface area contributed by atoms with Crippen molar-refractivity contribution in [1.82, 2.24) is 16.0 Å². The molecule has 230 valence electrons. The maximum absolute atomic E-state index is 13.5. The summed E-state index contributed by atoms with van der Waals surface area (Å²) in [5.41, 5.74) is 1.07. The van der Waals surface area contributed by atoms with Gasteiger partial charge in [0.05, 0.1) is 24.1 Å². The number of nitrogens with one attached hydrogen (secondary N) is 3. The van der Waals surface area contributed by atoms with Crippen molar-refractivity contribution >= 4 is 23.9 Å². The minimum absolute atomic E-state index is 0.0267. The van der Waals surface area contributed by atoms with E-state index in [1.54, 1.807) is 12.2 Å². The number of alkyl carbamates (subject to hydrolysis) is 1. The molecule has 0 aromatic heterocycles. The lowest BCUT2D eigenvalue weighted by molar-refractivity contribution is -0.149. The smallest absolute Gasteiger partial charge is 0.408 e. The van der Waals surface area contributed by atoms with E-state index in [1.165, 1.54) is 0 Å². The van der Waals surface area contributed by atoms with Crippen LogP contribution in [0.2, 0.25) is 0 Å². The second-order valence-electron chi connectivity index (χ2n) is 11.3. The first kappa shape index (κ1) is 31.7. The third-order valence-corrected chi connectivity index (χ3v) is 7.90. The minimum Gasteiger partial charge on any atom is -0.462 e. The molecule has 1 saturated carbocycles. The predicted molar refractivity (Wildman–Crippen MR) is 159 cm³/mol. The Morgan fingerprint density at radius 1 is 0.977 bits per heavy atom. The quantitative estimate of drug-likeness (QED) is 0.259. The summed E-state index contributed by atoms with van der Waals surface area (Å²) in [5.74, 6) is -1.88. The Morgan fingerprint density at radius 2 is 1.63 bits per heavy atom. The van der Waals surface area contributed by atoms with E-state index >= 15 is 0 Å². The number of aliphatic hydroxyl groups is 1.